The molecule has 5 nitrogen and oxygen atoms in total. The zero-order valence-corrected chi connectivity index (χ0v) is 11.7. The first kappa shape index (κ1) is 13.1. The molecule has 0 radical (unpaired) electrons. The molecule has 1 aliphatic heterocycles. The zero-order valence-electron chi connectivity index (χ0n) is 11.7. The van der Waals surface area contributed by atoms with Crippen LogP contribution in [0.25, 0.3) is 0 Å². The molecule has 0 unspecified atom stereocenters. The fraction of sp³-hybridized carbons (Fsp3) is 0.692. The third kappa shape index (κ3) is 2.56. The predicted octanol–water partition coefficient (Wildman–Crippen LogP) is 0.763. The highest BCUT2D eigenvalue weighted by Gasteiger charge is 2.25. The lowest BCUT2D eigenvalue weighted by Gasteiger charge is -2.26. The number of piperazine rings is 1. The Morgan fingerprint density at radius 2 is 1.94 bits per heavy atom. The Bertz CT molecular complexity index is 438. The van der Waals surface area contributed by atoms with E-state index in [0.717, 1.165) is 31.9 Å². The van der Waals surface area contributed by atoms with Gasteiger partial charge in [-0.05, 0) is 0 Å². The number of imidazole rings is 1. The second kappa shape index (κ2) is 4.72. The first-order chi connectivity index (χ1) is 8.39. The number of nitrogens with one attached hydrogen (secondary N) is 1. The number of aryl methyl sites for hydroxylation is 1. The number of hydrogen-bond donors (Lipinski definition) is 1. The lowest BCUT2D eigenvalue weighted by atomic mass is 9.93. The van der Waals surface area contributed by atoms with Gasteiger partial charge in [0.1, 0.15) is 0 Å². The molecule has 1 aromatic rings. The number of amides is 1. The van der Waals surface area contributed by atoms with Gasteiger partial charge in [-0.15, -0.1) is 0 Å². The van der Waals surface area contributed by atoms with Crippen molar-refractivity contribution in [2.45, 2.75) is 26.2 Å². The van der Waals surface area contributed by atoms with Gasteiger partial charge >= 0.3 is 0 Å². The minimum atomic E-state index is -0.0280. The summed E-state index contributed by atoms with van der Waals surface area (Å²) in [6, 6.07) is 0. The van der Waals surface area contributed by atoms with Gasteiger partial charge in [0.2, 0.25) is 0 Å². The van der Waals surface area contributed by atoms with Crippen molar-refractivity contribution in [2.75, 3.05) is 26.2 Å². The topological polar surface area (TPSA) is 50.2 Å². The summed E-state index contributed by atoms with van der Waals surface area (Å²) in [6.07, 6.45) is 1.95. The van der Waals surface area contributed by atoms with E-state index in [2.05, 4.69) is 31.1 Å². The van der Waals surface area contributed by atoms with Crippen LogP contribution in [0.5, 0.6) is 0 Å². The van der Waals surface area contributed by atoms with Crippen molar-refractivity contribution in [2.24, 2.45) is 7.05 Å². The molecule has 0 saturated carbocycles. The second-order valence-electron chi connectivity index (χ2n) is 5.85. The maximum atomic E-state index is 12.4. The van der Waals surface area contributed by atoms with Crippen LogP contribution in [0.15, 0.2) is 6.20 Å². The van der Waals surface area contributed by atoms with Crippen molar-refractivity contribution in [3.8, 4) is 0 Å². The molecule has 0 bridgehead atoms. The van der Waals surface area contributed by atoms with Crippen LogP contribution < -0.4 is 5.32 Å². The summed E-state index contributed by atoms with van der Waals surface area (Å²) in [6.45, 7) is 9.56. The highest BCUT2D eigenvalue weighted by molar-refractivity contribution is 5.91. The van der Waals surface area contributed by atoms with Gasteiger partial charge in [-0.2, -0.15) is 0 Å². The number of nitrogens with zero attached hydrogens (tertiary/aromatic N) is 3. The third-order valence-electron chi connectivity index (χ3n) is 3.24. The van der Waals surface area contributed by atoms with Crippen LogP contribution in [0, 0.1) is 0 Å². The summed E-state index contributed by atoms with van der Waals surface area (Å²) >= 11 is 0. The van der Waals surface area contributed by atoms with E-state index in [1.165, 1.54) is 0 Å². The van der Waals surface area contributed by atoms with Crippen LogP contribution in [-0.4, -0.2) is 46.5 Å². The molecule has 1 aromatic heterocycles. The molecule has 0 aliphatic carbocycles. The van der Waals surface area contributed by atoms with Gasteiger partial charge in [0.25, 0.3) is 5.91 Å². The fourth-order valence-corrected chi connectivity index (χ4v) is 2.04. The lowest BCUT2D eigenvalue weighted by Crippen LogP contribution is -2.47. The average molecular weight is 250 g/mol. The van der Waals surface area contributed by atoms with Crippen LogP contribution in [0.3, 0.4) is 0 Å². The fourth-order valence-electron chi connectivity index (χ4n) is 2.04. The van der Waals surface area contributed by atoms with Crippen molar-refractivity contribution in [1.82, 2.24) is 19.8 Å². The van der Waals surface area contributed by atoms with E-state index in [4.69, 9.17) is 0 Å². The third-order valence-corrected chi connectivity index (χ3v) is 3.24. The smallest absolute Gasteiger partial charge is 0.289 e. The van der Waals surface area contributed by atoms with Gasteiger partial charge in [-0.1, -0.05) is 20.8 Å². The van der Waals surface area contributed by atoms with E-state index in [1.54, 1.807) is 0 Å². The minimum Gasteiger partial charge on any atom is -0.333 e. The van der Waals surface area contributed by atoms with Crippen LogP contribution in [0.1, 0.15) is 37.1 Å². The summed E-state index contributed by atoms with van der Waals surface area (Å²) in [5.41, 5.74) is 0.934. The molecule has 1 saturated heterocycles. The highest BCUT2D eigenvalue weighted by Crippen LogP contribution is 2.21. The normalized spacial score (nSPS) is 17.0. The predicted molar refractivity (Wildman–Crippen MR) is 70.7 cm³/mol. The SMILES string of the molecule is Cn1cc(C(C)(C)C)nc1C(=O)N1CCNCC1. The Morgan fingerprint density at radius 3 is 2.44 bits per heavy atom. The largest absolute Gasteiger partial charge is 0.333 e. The van der Waals surface area contributed by atoms with Gasteiger partial charge in [0.15, 0.2) is 5.82 Å². The molecule has 0 aromatic carbocycles. The Balaban J connectivity index is 2.22. The number of hydrogen-bond acceptors (Lipinski definition) is 3. The Kier molecular flexibility index (Phi) is 3.43. The number of rotatable bonds is 1. The Hall–Kier alpha value is -1.36. The van der Waals surface area contributed by atoms with Crippen molar-refractivity contribution >= 4 is 5.91 Å². The van der Waals surface area contributed by atoms with Gasteiger partial charge in [-0.3, -0.25) is 4.79 Å². The summed E-state index contributed by atoms with van der Waals surface area (Å²) in [4.78, 5) is 18.7. The van der Waals surface area contributed by atoms with Gasteiger partial charge in [0, 0.05) is 44.8 Å². The molecule has 2 rings (SSSR count). The van der Waals surface area contributed by atoms with Crippen molar-refractivity contribution < 1.29 is 4.79 Å². The molecule has 100 valence electrons. The van der Waals surface area contributed by atoms with E-state index < -0.39 is 0 Å². The van der Waals surface area contributed by atoms with Crippen molar-refractivity contribution in [3.63, 3.8) is 0 Å². The molecule has 1 amide bonds. The second-order valence-corrected chi connectivity index (χ2v) is 5.85. The Labute approximate surface area is 108 Å². The molecule has 0 atom stereocenters. The van der Waals surface area contributed by atoms with Gasteiger partial charge in [0.05, 0.1) is 5.69 Å². The van der Waals surface area contributed by atoms with Crippen LogP contribution in [0.2, 0.25) is 0 Å². The molecular weight excluding hydrogens is 228 g/mol. The summed E-state index contributed by atoms with van der Waals surface area (Å²) in [7, 11) is 1.89. The average Bonchev–Trinajstić information content (AvgIpc) is 2.71. The highest BCUT2D eigenvalue weighted by atomic mass is 16.2. The summed E-state index contributed by atoms with van der Waals surface area (Å²) in [5.74, 6) is 0.580. The van der Waals surface area contributed by atoms with E-state index in [1.807, 2.05) is 22.7 Å². The monoisotopic (exact) mass is 250 g/mol. The maximum Gasteiger partial charge on any atom is 0.289 e. The molecule has 0 spiro atoms. The van der Waals surface area contributed by atoms with Crippen LogP contribution in [-0.2, 0) is 12.5 Å². The van der Waals surface area contributed by atoms with Gasteiger partial charge < -0.3 is 14.8 Å². The van der Waals surface area contributed by atoms with Crippen molar-refractivity contribution in [1.29, 1.82) is 0 Å². The first-order valence-corrected chi connectivity index (χ1v) is 6.43. The first-order valence-electron chi connectivity index (χ1n) is 6.43. The number of aromatic nitrogens is 2. The quantitative estimate of drug-likeness (QED) is 0.800. The lowest BCUT2D eigenvalue weighted by molar-refractivity contribution is 0.0719. The molecule has 18 heavy (non-hydrogen) atoms. The molecule has 1 N–H and O–H groups in total. The Morgan fingerprint density at radius 1 is 1.33 bits per heavy atom. The number of carbonyl (C=O) groups excluding carboxylic acids is 1. The van der Waals surface area contributed by atoms with E-state index in [0.29, 0.717) is 5.82 Å². The molecule has 2 heterocycles. The van der Waals surface area contributed by atoms with E-state index in [9.17, 15) is 4.79 Å². The number of carbonyl (C=O) groups is 1. The summed E-state index contributed by atoms with van der Waals surface area (Å²) in [5, 5.41) is 3.24. The molecule has 1 aliphatic rings. The molecular formula is C13H22N4O. The minimum absolute atomic E-state index is 0.0280. The molecule has 5 heteroatoms. The van der Waals surface area contributed by atoms with Gasteiger partial charge in [-0.25, -0.2) is 4.98 Å². The van der Waals surface area contributed by atoms with E-state index in [-0.39, 0.29) is 11.3 Å². The maximum absolute atomic E-state index is 12.4. The standard InChI is InChI=1S/C13H22N4O/c1-13(2,3)10-9-16(4)11(15-10)12(18)17-7-5-14-6-8-17/h9,14H,5-8H2,1-4H3. The van der Waals surface area contributed by atoms with Crippen LogP contribution in [0.4, 0.5) is 0 Å². The van der Waals surface area contributed by atoms with Crippen LogP contribution >= 0.6 is 0 Å². The zero-order chi connectivity index (χ0) is 13.3. The molecule has 1 fully saturated rings. The summed E-state index contributed by atoms with van der Waals surface area (Å²) < 4.78 is 1.84. The van der Waals surface area contributed by atoms with E-state index >= 15 is 0 Å². The van der Waals surface area contributed by atoms with Crippen molar-refractivity contribution in [3.05, 3.63) is 17.7 Å².